The van der Waals surface area contributed by atoms with Crippen molar-refractivity contribution in [2.45, 2.75) is 33.7 Å². The molecule has 0 fully saturated rings. The molecule has 138 valence electrons. The van der Waals surface area contributed by atoms with Crippen LogP contribution in [0.1, 0.15) is 29.7 Å². The fraction of sp³-hybridized carbons (Fsp3) is 0.227. The van der Waals surface area contributed by atoms with Crippen LogP contribution in [0, 0.1) is 20.8 Å². The summed E-state index contributed by atoms with van der Waals surface area (Å²) in [6, 6.07) is 16.0. The van der Waals surface area contributed by atoms with E-state index < -0.39 is 6.04 Å². The molecule has 1 amide bonds. The summed E-state index contributed by atoms with van der Waals surface area (Å²) in [7, 11) is 0. The van der Waals surface area contributed by atoms with Crippen molar-refractivity contribution >= 4 is 11.6 Å². The van der Waals surface area contributed by atoms with E-state index in [1.165, 1.54) is 10.7 Å². The van der Waals surface area contributed by atoms with Gasteiger partial charge in [-0.15, -0.1) is 0 Å². The highest BCUT2D eigenvalue weighted by atomic mass is 16.2. The van der Waals surface area contributed by atoms with Crippen LogP contribution in [-0.2, 0) is 4.79 Å². The molecule has 1 heterocycles. The van der Waals surface area contributed by atoms with Crippen molar-refractivity contribution in [2.24, 2.45) is 0 Å². The number of rotatable bonds is 4. The van der Waals surface area contributed by atoms with Gasteiger partial charge in [-0.3, -0.25) is 9.59 Å². The van der Waals surface area contributed by atoms with Crippen molar-refractivity contribution in [3.63, 3.8) is 0 Å². The normalized spacial score (nSPS) is 11.9. The van der Waals surface area contributed by atoms with E-state index in [-0.39, 0.29) is 11.5 Å². The Labute approximate surface area is 158 Å². The van der Waals surface area contributed by atoms with Gasteiger partial charge in [-0.2, -0.15) is 5.10 Å². The van der Waals surface area contributed by atoms with Gasteiger partial charge in [0, 0.05) is 17.3 Å². The number of amides is 1. The first-order valence-electron chi connectivity index (χ1n) is 8.91. The number of nitrogens with zero attached hydrogens (tertiary/aromatic N) is 2. The van der Waals surface area contributed by atoms with Crippen LogP contribution in [0.15, 0.2) is 59.4 Å². The molecule has 0 aliphatic rings. The Morgan fingerprint density at radius 3 is 2.41 bits per heavy atom. The molecule has 27 heavy (non-hydrogen) atoms. The molecule has 0 aliphatic heterocycles. The van der Waals surface area contributed by atoms with Gasteiger partial charge in [0.05, 0.1) is 5.69 Å². The number of aromatic nitrogens is 2. The van der Waals surface area contributed by atoms with Crippen LogP contribution in [0.2, 0.25) is 0 Å². The first-order valence-corrected chi connectivity index (χ1v) is 8.91. The molecule has 0 bridgehead atoms. The predicted octanol–water partition coefficient (Wildman–Crippen LogP) is 4.04. The number of benzene rings is 2. The van der Waals surface area contributed by atoms with Gasteiger partial charge in [-0.25, -0.2) is 4.68 Å². The Hall–Kier alpha value is -3.21. The van der Waals surface area contributed by atoms with Crippen LogP contribution in [-0.4, -0.2) is 15.7 Å². The molecular formula is C22H23N3O2. The Kier molecular flexibility index (Phi) is 5.21. The standard InChI is InChI=1S/C22H23N3O2/c1-14-8-10-18(11-9-14)20-12-13-21(26)25(24-20)17(4)22(27)23-19-7-5-6-15(2)16(19)3/h5-13,17H,1-4H3,(H,23,27). The number of hydrogen-bond donors (Lipinski definition) is 1. The Morgan fingerprint density at radius 1 is 1.00 bits per heavy atom. The fourth-order valence-electron chi connectivity index (χ4n) is 2.82. The van der Waals surface area contributed by atoms with Gasteiger partial charge in [0.25, 0.3) is 5.56 Å². The highest BCUT2D eigenvalue weighted by Gasteiger charge is 2.19. The van der Waals surface area contributed by atoms with Crippen molar-refractivity contribution < 1.29 is 4.79 Å². The average Bonchev–Trinajstić information content (AvgIpc) is 2.66. The molecule has 1 aromatic heterocycles. The Bertz CT molecular complexity index is 1040. The molecule has 0 saturated heterocycles. The second-order valence-corrected chi connectivity index (χ2v) is 6.78. The van der Waals surface area contributed by atoms with E-state index in [0.717, 1.165) is 27.9 Å². The maximum absolute atomic E-state index is 12.7. The topological polar surface area (TPSA) is 64.0 Å². The number of carbonyl (C=O) groups excluding carboxylic acids is 1. The minimum absolute atomic E-state index is 0.278. The maximum atomic E-state index is 12.7. The summed E-state index contributed by atoms with van der Waals surface area (Å²) in [4.78, 5) is 25.0. The van der Waals surface area contributed by atoms with Crippen LogP contribution in [0.5, 0.6) is 0 Å². The molecular weight excluding hydrogens is 338 g/mol. The lowest BCUT2D eigenvalue weighted by Crippen LogP contribution is -2.33. The third kappa shape index (κ3) is 3.97. The Morgan fingerprint density at radius 2 is 1.70 bits per heavy atom. The summed E-state index contributed by atoms with van der Waals surface area (Å²) in [5.41, 5.74) is 5.23. The number of anilines is 1. The first-order chi connectivity index (χ1) is 12.9. The third-order valence-electron chi connectivity index (χ3n) is 4.78. The fourth-order valence-corrected chi connectivity index (χ4v) is 2.82. The second-order valence-electron chi connectivity index (χ2n) is 6.78. The van der Waals surface area contributed by atoms with E-state index >= 15 is 0 Å². The molecule has 1 atom stereocenters. The molecule has 0 spiro atoms. The van der Waals surface area contributed by atoms with Crippen molar-refractivity contribution in [3.05, 3.63) is 81.6 Å². The smallest absolute Gasteiger partial charge is 0.267 e. The van der Waals surface area contributed by atoms with Crippen LogP contribution < -0.4 is 10.9 Å². The molecule has 1 unspecified atom stereocenters. The minimum Gasteiger partial charge on any atom is -0.324 e. The van der Waals surface area contributed by atoms with E-state index in [4.69, 9.17) is 0 Å². The summed E-state index contributed by atoms with van der Waals surface area (Å²) in [6.07, 6.45) is 0. The van der Waals surface area contributed by atoms with Crippen molar-refractivity contribution in [1.29, 1.82) is 0 Å². The van der Waals surface area contributed by atoms with E-state index in [1.807, 2.05) is 63.2 Å². The number of hydrogen-bond acceptors (Lipinski definition) is 3. The zero-order chi connectivity index (χ0) is 19.6. The van der Waals surface area contributed by atoms with Crippen LogP contribution >= 0.6 is 0 Å². The van der Waals surface area contributed by atoms with Gasteiger partial charge in [-0.1, -0.05) is 42.0 Å². The third-order valence-corrected chi connectivity index (χ3v) is 4.78. The lowest BCUT2D eigenvalue weighted by molar-refractivity contribution is -0.119. The molecule has 3 aromatic rings. The summed E-state index contributed by atoms with van der Waals surface area (Å²) < 4.78 is 1.23. The molecule has 1 N–H and O–H groups in total. The first kappa shape index (κ1) is 18.6. The zero-order valence-electron chi connectivity index (χ0n) is 16.0. The van der Waals surface area contributed by atoms with E-state index in [9.17, 15) is 9.59 Å². The SMILES string of the molecule is Cc1ccc(-c2ccc(=O)n(C(C)C(=O)Nc3cccc(C)c3C)n2)cc1. The monoisotopic (exact) mass is 361 g/mol. The van der Waals surface area contributed by atoms with Gasteiger partial charge in [-0.05, 0) is 51.0 Å². The molecule has 2 aromatic carbocycles. The molecule has 5 nitrogen and oxygen atoms in total. The molecule has 0 radical (unpaired) electrons. The second kappa shape index (κ2) is 7.58. The van der Waals surface area contributed by atoms with E-state index in [2.05, 4.69) is 10.4 Å². The number of aryl methyl sites for hydroxylation is 2. The van der Waals surface area contributed by atoms with Gasteiger partial charge < -0.3 is 5.32 Å². The zero-order valence-corrected chi connectivity index (χ0v) is 16.0. The van der Waals surface area contributed by atoms with Gasteiger partial charge in [0.1, 0.15) is 6.04 Å². The summed E-state index contributed by atoms with van der Waals surface area (Å²) in [5.74, 6) is -0.278. The highest BCUT2D eigenvalue weighted by Crippen LogP contribution is 2.20. The number of carbonyl (C=O) groups is 1. The molecule has 0 aliphatic carbocycles. The van der Waals surface area contributed by atoms with Gasteiger partial charge in [0.15, 0.2) is 0 Å². The van der Waals surface area contributed by atoms with Crippen LogP contribution in [0.3, 0.4) is 0 Å². The quantitative estimate of drug-likeness (QED) is 0.763. The summed E-state index contributed by atoms with van der Waals surface area (Å²) in [5, 5.41) is 7.32. The van der Waals surface area contributed by atoms with Crippen molar-refractivity contribution in [3.8, 4) is 11.3 Å². The maximum Gasteiger partial charge on any atom is 0.267 e. The summed E-state index contributed by atoms with van der Waals surface area (Å²) >= 11 is 0. The molecule has 3 rings (SSSR count). The predicted molar refractivity (Wildman–Crippen MR) is 108 cm³/mol. The average molecular weight is 361 g/mol. The lowest BCUT2D eigenvalue weighted by atomic mass is 10.1. The number of nitrogens with one attached hydrogen (secondary N) is 1. The minimum atomic E-state index is -0.734. The summed E-state index contributed by atoms with van der Waals surface area (Å²) in [6.45, 7) is 7.63. The highest BCUT2D eigenvalue weighted by molar-refractivity contribution is 5.94. The van der Waals surface area contributed by atoms with Gasteiger partial charge >= 0.3 is 0 Å². The Balaban J connectivity index is 1.89. The molecule has 5 heteroatoms. The van der Waals surface area contributed by atoms with Crippen LogP contribution in [0.25, 0.3) is 11.3 Å². The van der Waals surface area contributed by atoms with Crippen molar-refractivity contribution in [1.82, 2.24) is 9.78 Å². The largest absolute Gasteiger partial charge is 0.324 e. The van der Waals surface area contributed by atoms with Crippen LogP contribution in [0.4, 0.5) is 5.69 Å². The lowest BCUT2D eigenvalue weighted by Gasteiger charge is -2.16. The van der Waals surface area contributed by atoms with Crippen molar-refractivity contribution in [2.75, 3.05) is 5.32 Å². The molecule has 0 saturated carbocycles. The van der Waals surface area contributed by atoms with E-state index in [0.29, 0.717) is 5.69 Å². The van der Waals surface area contributed by atoms with Gasteiger partial charge in [0.2, 0.25) is 5.91 Å². The van der Waals surface area contributed by atoms with E-state index in [1.54, 1.807) is 13.0 Å².